The van der Waals surface area contributed by atoms with Gasteiger partial charge in [-0.2, -0.15) is 5.26 Å². The summed E-state index contributed by atoms with van der Waals surface area (Å²) in [6.45, 7) is 2.49. The van der Waals surface area contributed by atoms with Crippen molar-refractivity contribution in [2.24, 2.45) is 0 Å². The Balaban J connectivity index is 2.02. The van der Waals surface area contributed by atoms with Crippen molar-refractivity contribution >= 4 is 11.7 Å². The Morgan fingerprint density at radius 1 is 1.71 bits per heavy atom. The van der Waals surface area contributed by atoms with E-state index in [1.54, 1.807) is 12.3 Å². The van der Waals surface area contributed by atoms with Crippen LogP contribution in [0.15, 0.2) is 12.3 Å². The zero-order chi connectivity index (χ0) is 12.3. The van der Waals surface area contributed by atoms with E-state index in [2.05, 4.69) is 21.7 Å². The van der Waals surface area contributed by atoms with Gasteiger partial charge in [0.1, 0.15) is 11.9 Å². The van der Waals surface area contributed by atoms with Crippen LogP contribution in [0.4, 0.5) is 5.82 Å². The van der Waals surface area contributed by atoms with Crippen molar-refractivity contribution in [3.63, 3.8) is 0 Å². The van der Waals surface area contributed by atoms with E-state index >= 15 is 0 Å². The minimum Gasteiger partial charge on any atom is -0.367 e. The molecule has 5 heteroatoms. The summed E-state index contributed by atoms with van der Waals surface area (Å²) in [5.41, 5.74) is 1.47. The van der Waals surface area contributed by atoms with Gasteiger partial charge in [0.2, 0.25) is 5.91 Å². The SMILES string of the molecule is Cc1ccnc(NCC2CCC(=O)N2)c1C#N. The second kappa shape index (κ2) is 4.83. The standard InChI is InChI=1S/C12H14N4O/c1-8-4-5-14-12(10(8)6-13)15-7-9-2-3-11(17)16-9/h4-5,9H,2-3,7H2,1H3,(H,14,15)(H,16,17). The molecule has 2 heterocycles. The van der Waals surface area contributed by atoms with Gasteiger partial charge in [-0.3, -0.25) is 4.79 Å². The third-order valence-corrected chi connectivity index (χ3v) is 2.87. The second-order valence-electron chi connectivity index (χ2n) is 4.15. The summed E-state index contributed by atoms with van der Waals surface area (Å²) < 4.78 is 0. The van der Waals surface area contributed by atoms with Crippen LogP contribution in [0.5, 0.6) is 0 Å². The summed E-state index contributed by atoms with van der Waals surface area (Å²) >= 11 is 0. The molecule has 0 aromatic carbocycles. The average molecular weight is 230 g/mol. The number of nitriles is 1. The zero-order valence-electron chi connectivity index (χ0n) is 9.66. The fourth-order valence-electron chi connectivity index (χ4n) is 1.88. The highest BCUT2D eigenvalue weighted by atomic mass is 16.1. The number of hydrogen-bond acceptors (Lipinski definition) is 4. The van der Waals surface area contributed by atoms with Gasteiger partial charge >= 0.3 is 0 Å². The summed E-state index contributed by atoms with van der Waals surface area (Å²) in [5, 5.41) is 15.0. The molecule has 1 aromatic rings. The quantitative estimate of drug-likeness (QED) is 0.810. The van der Waals surface area contributed by atoms with E-state index in [0.29, 0.717) is 24.3 Å². The van der Waals surface area contributed by atoms with E-state index in [9.17, 15) is 4.79 Å². The minimum absolute atomic E-state index is 0.0921. The molecule has 88 valence electrons. The predicted octanol–water partition coefficient (Wildman–Crippen LogP) is 0.952. The Labute approximate surface area is 99.9 Å². The Morgan fingerprint density at radius 2 is 2.53 bits per heavy atom. The fraction of sp³-hybridized carbons (Fsp3) is 0.417. The average Bonchev–Trinajstić information content (AvgIpc) is 2.72. The van der Waals surface area contributed by atoms with E-state index in [4.69, 9.17) is 5.26 Å². The molecule has 17 heavy (non-hydrogen) atoms. The van der Waals surface area contributed by atoms with Gasteiger partial charge in [0.25, 0.3) is 0 Å². The van der Waals surface area contributed by atoms with E-state index in [1.165, 1.54) is 0 Å². The molecule has 1 aliphatic heterocycles. The molecule has 0 saturated carbocycles. The van der Waals surface area contributed by atoms with Crippen LogP contribution in [0.2, 0.25) is 0 Å². The summed E-state index contributed by atoms with van der Waals surface area (Å²) in [6, 6.07) is 4.08. The second-order valence-corrected chi connectivity index (χ2v) is 4.15. The number of nitrogens with one attached hydrogen (secondary N) is 2. The van der Waals surface area contributed by atoms with Crippen LogP contribution in [0.25, 0.3) is 0 Å². The molecule has 2 rings (SSSR count). The third-order valence-electron chi connectivity index (χ3n) is 2.87. The van der Waals surface area contributed by atoms with Crippen LogP contribution in [0, 0.1) is 18.3 Å². The van der Waals surface area contributed by atoms with E-state index < -0.39 is 0 Å². The number of hydrogen-bond donors (Lipinski definition) is 2. The number of pyridine rings is 1. The van der Waals surface area contributed by atoms with Crippen LogP contribution in [-0.2, 0) is 4.79 Å². The maximum Gasteiger partial charge on any atom is 0.220 e. The molecular formula is C12H14N4O. The minimum atomic E-state index is 0.0921. The van der Waals surface area contributed by atoms with Crippen LogP contribution in [0.3, 0.4) is 0 Å². The number of carbonyl (C=O) groups excluding carboxylic acids is 1. The molecular weight excluding hydrogens is 216 g/mol. The summed E-state index contributed by atoms with van der Waals surface area (Å²) in [7, 11) is 0. The molecule has 0 aliphatic carbocycles. The number of amides is 1. The molecule has 1 atom stereocenters. The van der Waals surface area contributed by atoms with Crippen LogP contribution in [0.1, 0.15) is 24.0 Å². The van der Waals surface area contributed by atoms with E-state index in [0.717, 1.165) is 12.0 Å². The Bertz CT molecular complexity index is 478. The van der Waals surface area contributed by atoms with Gasteiger partial charge in [0, 0.05) is 25.2 Å². The lowest BCUT2D eigenvalue weighted by atomic mass is 10.1. The first kappa shape index (κ1) is 11.4. The number of rotatable bonds is 3. The topological polar surface area (TPSA) is 77.8 Å². The van der Waals surface area contributed by atoms with Gasteiger partial charge in [0.15, 0.2) is 0 Å². The van der Waals surface area contributed by atoms with Crippen molar-refractivity contribution < 1.29 is 4.79 Å². The van der Waals surface area contributed by atoms with Gasteiger partial charge in [-0.15, -0.1) is 0 Å². The highest BCUT2D eigenvalue weighted by Gasteiger charge is 2.20. The Hall–Kier alpha value is -2.09. The highest BCUT2D eigenvalue weighted by Crippen LogP contribution is 2.16. The number of carbonyl (C=O) groups is 1. The molecule has 0 radical (unpaired) electrons. The van der Waals surface area contributed by atoms with Gasteiger partial charge in [0.05, 0.1) is 5.56 Å². The first-order chi connectivity index (χ1) is 8.20. The van der Waals surface area contributed by atoms with Gasteiger partial charge in [-0.25, -0.2) is 4.98 Å². The lowest BCUT2D eigenvalue weighted by molar-refractivity contribution is -0.119. The molecule has 0 spiro atoms. The highest BCUT2D eigenvalue weighted by molar-refractivity contribution is 5.78. The lowest BCUT2D eigenvalue weighted by Crippen LogP contribution is -2.32. The van der Waals surface area contributed by atoms with Crippen LogP contribution >= 0.6 is 0 Å². The van der Waals surface area contributed by atoms with E-state index in [-0.39, 0.29) is 11.9 Å². The van der Waals surface area contributed by atoms with Gasteiger partial charge in [-0.1, -0.05) is 0 Å². The van der Waals surface area contributed by atoms with Crippen molar-refractivity contribution in [2.45, 2.75) is 25.8 Å². The normalized spacial score (nSPS) is 18.6. The molecule has 2 N–H and O–H groups in total. The van der Waals surface area contributed by atoms with Crippen molar-refractivity contribution in [1.82, 2.24) is 10.3 Å². The first-order valence-corrected chi connectivity index (χ1v) is 5.59. The molecule has 1 aliphatic rings. The molecule has 0 bridgehead atoms. The predicted molar refractivity (Wildman–Crippen MR) is 63.3 cm³/mol. The van der Waals surface area contributed by atoms with Crippen molar-refractivity contribution in [3.05, 3.63) is 23.4 Å². The van der Waals surface area contributed by atoms with Gasteiger partial charge in [-0.05, 0) is 25.0 Å². The van der Waals surface area contributed by atoms with Gasteiger partial charge < -0.3 is 10.6 Å². The largest absolute Gasteiger partial charge is 0.367 e. The third kappa shape index (κ3) is 2.53. The smallest absolute Gasteiger partial charge is 0.220 e. The first-order valence-electron chi connectivity index (χ1n) is 5.59. The Kier molecular flexibility index (Phi) is 3.24. The number of anilines is 1. The monoisotopic (exact) mass is 230 g/mol. The van der Waals surface area contributed by atoms with Crippen LogP contribution in [-0.4, -0.2) is 23.5 Å². The van der Waals surface area contributed by atoms with E-state index in [1.807, 2.05) is 6.92 Å². The lowest BCUT2D eigenvalue weighted by Gasteiger charge is -2.13. The number of nitrogens with zero attached hydrogens (tertiary/aromatic N) is 2. The maximum absolute atomic E-state index is 11.0. The van der Waals surface area contributed by atoms with Crippen molar-refractivity contribution in [2.75, 3.05) is 11.9 Å². The summed E-state index contributed by atoms with van der Waals surface area (Å²) in [6.07, 6.45) is 3.09. The molecule has 1 aromatic heterocycles. The summed E-state index contributed by atoms with van der Waals surface area (Å²) in [5.74, 6) is 0.683. The number of aryl methyl sites for hydroxylation is 1. The van der Waals surface area contributed by atoms with Crippen molar-refractivity contribution in [3.8, 4) is 6.07 Å². The fourth-order valence-corrected chi connectivity index (χ4v) is 1.88. The molecule has 1 amide bonds. The summed E-state index contributed by atoms with van der Waals surface area (Å²) in [4.78, 5) is 15.2. The zero-order valence-corrected chi connectivity index (χ0v) is 9.66. The van der Waals surface area contributed by atoms with Crippen molar-refractivity contribution in [1.29, 1.82) is 5.26 Å². The molecule has 1 unspecified atom stereocenters. The molecule has 5 nitrogen and oxygen atoms in total. The molecule has 1 fully saturated rings. The van der Waals surface area contributed by atoms with Crippen LogP contribution < -0.4 is 10.6 Å². The molecule has 1 saturated heterocycles. The maximum atomic E-state index is 11.0. The Morgan fingerprint density at radius 3 is 3.18 bits per heavy atom. The number of aromatic nitrogens is 1.